The third-order valence-corrected chi connectivity index (χ3v) is 7.19. The molecule has 160 valence electrons. The van der Waals surface area contributed by atoms with Gasteiger partial charge in [-0.05, 0) is 32.8 Å². The number of aromatic nitrogens is 3. The highest BCUT2D eigenvalue weighted by Crippen LogP contribution is 2.44. The fourth-order valence-electron chi connectivity index (χ4n) is 4.26. The topological polar surface area (TPSA) is 72.4 Å². The predicted molar refractivity (Wildman–Crippen MR) is 122 cm³/mol. The lowest BCUT2D eigenvalue weighted by atomic mass is 9.90. The lowest BCUT2D eigenvalue weighted by molar-refractivity contribution is -0.0396. The van der Waals surface area contributed by atoms with E-state index in [1.807, 2.05) is 0 Å². The number of nitrogens with zero attached hydrogens (tertiary/aromatic N) is 4. The number of thiophene rings is 1. The summed E-state index contributed by atoms with van der Waals surface area (Å²) in [6.07, 6.45) is 3.56. The van der Waals surface area contributed by atoms with Crippen molar-refractivity contribution in [3.05, 3.63) is 17.5 Å². The van der Waals surface area contributed by atoms with E-state index in [4.69, 9.17) is 19.4 Å². The summed E-state index contributed by atoms with van der Waals surface area (Å²) in [7, 11) is 0. The number of morpholine rings is 1. The molecule has 1 N–H and O–H groups in total. The smallest absolute Gasteiger partial charge is 0.147 e. The van der Waals surface area contributed by atoms with Crippen molar-refractivity contribution in [3.63, 3.8) is 0 Å². The number of ether oxygens (including phenoxy) is 2. The van der Waals surface area contributed by atoms with Crippen LogP contribution in [0.1, 0.15) is 45.2 Å². The van der Waals surface area contributed by atoms with Gasteiger partial charge in [-0.15, -0.1) is 11.3 Å². The van der Waals surface area contributed by atoms with Gasteiger partial charge in [0.05, 0.1) is 35.6 Å². The second kappa shape index (κ2) is 7.59. The molecular formula is C22H29N5O2S. The molecule has 1 saturated heterocycles. The first-order valence-corrected chi connectivity index (χ1v) is 11.6. The Kier molecular flexibility index (Phi) is 5.03. The predicted octanol–water partition coefficient (Wildman–Crippen LogP) is 4.14. The Morgan fingerprint density at radius 3 is 2.80 bits per heavy atom. The maximum atomic E-state index is 6.21. The van der Waals surface area contributed by atoms with Crippen molar-refractivity contribution in [2.45, 2.75) is 58.8 Å². The van der Waals surface area contributed by atoms with E-state index < -0.39 is 0 Å². The second-order valence-corrected chi connectivity index (χ2v) is 9.85. The van der Waals surface area contributed by atoms with E-state index in [0.717, 1.165) is 65.8 Å². The first-order valence-electron chi connectivity index (χ1n) is 10.8. The summed E-state index contributed by atoms with van der Waals surface area (Å²) in [5.41, 5.74) is 3.34. The maximum absolute atomic E-state index is 6.21. The van der Waals surface area contributed by atoms with Gasteiger partial charge in [0.25, 0.3) is 0 Å². The van der Waals surface area contributed by atoms with E-state index >= 15 is 0 Å². The Morgan fingerprint density at radius 2 is 2.03 bits per heavy atom. The molecule has 8 heteroatoms. The highest BCUT2D eigenvalue weighted by Gasteiger charge is 2.33. The lowest BCUT2D eigenvalue weighted by Gasteiger charge is -2.36. The van der Waals surface area contributed by atoms with E-state index in [1.165, 1.54) is 16.5 Å². The van der Waals surface area contributed by atoms with Crippen molar-refractivity contribution in [1.29, 1.82) is 0 Å². The fourth-order valence-corrected chi connectivity index (χ4v) is 5.37. The Bertz CT molecular complexity index is 1090. The summed E-state index contributed by atoms with van der Waals surface area (Å²) in [5, 5.41) is 4.72. The lowest BCUT2D eigenvalue weighted by Crippen LogP contribution is -2.39. The Morgan fingerprint density at radius 1 is 1.23 bits per heavy atom. The van der Waals surface area contributed by atoms with E-state index in [9.17, 15) is 0 Å². The zero-order valence-corrected chi connectivity index (χ0v) is 18.9. The van der Waals surface area contributed by atoms with Crippen molar-refractivity contribution >= 4 is 43.4 Å². The summed E-state index contributed by atoms with van der Waals surface area (Å²) in [6, 6.07) is 0.353. The number of anilines is 2. The van der Waals surface area contributed by atoms with Gasteiger partial charge in [-0.25, -0.2) is 15.0 Å². The summed E-state index contributed by atoms with van der Waals surface area (Å²) < 4.78 is 12.9. The highest BCUT2D eigenvalue weighted by molar-refractivity contribution is 7.26. The zero-order valence-electron chi connectivity index (χ0n) is 18.1. The monoisotopic (exact) mass is 427 g/mol. The second-order valence-electron chi connectivity index (χ2n) is 8.85. The molecule has 0 radical (unpaired) electrons. The molecule has 3 aromatic rings. The van der Waals surface area contributed by atoms with Crippen molar-refractivity contribution in [1.82, 2.24) is 15.0 Å². The molecule has 5 heterocycles. The van der Waals surface area contributed by atoms with Crippen LogP contribution in [0.2, 0.25) is 0 Å². The molecular weight excluding hydrogens is 398 g/mol. The van der Waals surface area contributed by atoms with Crippen LogP contribution in [-0.4, -0.2) is 52.9 Å². The summed E-state index contributed by atoms with van der Waals surface area (Å²) in [6.45, 7) is 12.5. The number of nitrogens with one attached hydrogen (secondary N) is 1. The van der Waals surface area contributed by atoms with Crippen LogP contribution in [-0.2, 0) is 22.5 Å². The fraction of sp³-hybridized carbons (Fsp3) is 0.591. The van der Waals surface area contributed by atoms with Gasteiger partial charge in [0, 0.05) is 36.5 Å². The Hall–Kier alpha value is -2.03. The van der Waals surface area contributed by atoms with E-state index in [-0.39, 0.29) is 5.60 Å². The van der Waals surface area contributed by atoms with Crippen molar-refractivity contribution in [2.24, 2.45) is 0 Å². The number of pyridine rings is 1. The molecule has 0 amide bonds. The van der Waals surface area contributed by atoms with Crippen LogP contribution in [0.25, 0.3) is 20.4 Å². The van der Waals surface area contributed by atoms with Gasteiger partial charge in [0.15, 0.2) is 0 Å². The minimum absolute atomic E-state index is 0.206. The van der Waals surface area contributed by atoms with Crippen LogP contribution in [0.3, 0.4) is 0 Å². The van der Waals surface area contributed by atoms with Crippen molar-refractivity contribution < 1.29 is 9.47 Å². The van der Waals surface area contributed by atoms with Gasteiger partial charge in [-0.1, -0.05) is 6.92 Å². The van der Waals surface area contributed by atoms with Gasteiger partial charge in [0.1, 0.15) is 22.8 Å². The summed E-state index contributed by atoms with van der Waals surface area (Å²) in [5.74, 6) is 1.96. The normalized spacial score (nSPS) is 19.8. The molecule has 30 heavy (non-hydrogen) atoms. The summed E-state index contributed by atoms with van der Waals surface area (Å²) >= 11 is 1.69. The first kappa shape index (κ1) is 19.9. The highest BCUT2D eigenvalue weighted by atomic mass is 32.1. The van der Waals surface area contributed by atoms with Gasteiger partial charge >= 0.3 is 0 Å². The van der Waals surface area contributed by atoms with Crippen LogP contribution < -0.4 is 10.2 Å². The average molecular weight is 428 g/mol. The molecule has 0 unspecified atom stereocenters. The molecule has 0 aliphatic carbocycles. The number of rotatable bonds is 4. The number of hydrogen-bond acceptors (Lipinski definition) is 8. The molecule has 1 fully saturated rings. The number of hydrogen-bond donors (Lipinski definition) is 1. The molecule has 3 aromatic heterocycles. The minimum atomic E-state index is -0.206. The number of fused-ring (bicyclic) bond motifs is 5. The van der Waals surface area contributed by atoms with E-state index in [1.54, 1.807) is 17.7 Å². The van der Waals surface area contributed by atoms with Crippen LogP contribution in [0.4, 0.5) is 11.6 Å². The molecule has 5 rings (SSSR count). The Labute approximate surface area is 180 Å². The molecule has 2 aliphatic rings. The first-order chi connectivity index (χ1) is 14.5. The average Bonchev–Trinajstić information content (AvgIpc) is 3.13. The Balaban J connectivity index is 1.74. The van der Waals surface area contributed by atoms with Gasteiger partial charge in [0.2, 0.25) is 0 Å². The van der Waals surface area contributed by atoms with Gasteiger partial charge in [-0.3, -0.25) is 0 Å². The molecule has 7 nitrogen and oxygen atoms in total. The van der Waals surface area contributed by atoms with Crippen LogP contribution in [0.15, 0.2) is 6.33 Å². The van der Waals surface area contributed by atoms with Crippen LogP contribution >= 0.6 is 11.3 Å². The molecule has 0 spiro atoms. The standard InChI is InChI=1S/C22H29N5O2S/c1-5-13(2)25-19-18-17(23-12-24-19)16-14-10-22(3,4)29-11-15(14)20(26-21(16)30-18)27-6-8-28-9-7-27/h12-13H,5-11H2,1-4H3,(H,23,24,25)/t13-/m0/s1. The van der Waals surface area contributed by atoms with Crippen molar-refractivity contribution in [2.75, 3.05) is 36.5 Å². The molecule has 1 atom stereocenters. The van der Waals surface area contributed by atoms with Gasteiger partial charge in [-0.2, -0.15) is 0 Å². The summed E-state index contributed by atoms with van der Waals surface area (Å²) in [4.78, 5) is 17.8. The molecule has 0 aromatic carbocycles. The quantitative estimate of drug-likeness (QED) is 0.671. The van der Waals surface area contributed by atoms with Crippen LogP contribution in [0.5, 0.6) is 0 Å². The van der Waals surface area contributed by atoms with Crippen molar-refractivity contribution in [3.8, 4) is 0 Å². The minimum Gasteiger partial charge on any atom is -0.378 e. The van der Waals surface area contributed by atoms with E-state index in [0.29, 0.717) is 12.6 Å². The third-order valence-electron chi connectivity index (χ3n) is 6.11. The largest absolute Gasteiger partial charge is 0.378 e. The molecule has 0 bridgehead atoms. The molecule has 0 saturated carbocycles. The molecule has 2 aliphatic heterocycles. The van der Waals surface area contributed by atoms with Gasteiger partial charge < -0.3 is 19.7 Å². The maximum Gasteiger partial charge on any atom is 0.147 e. The zero-order chi connectivity index (χ0) is 20.9. The SMILES string of the molecule is CC[C@H](C)Nc1ncnc2c1sc1nc(N3CCOCC3)c3c(c12)CC(C)(C)OC3. The van der Waals surface area contributed by atoms with E-state index in [2.05, 4.69) is 42.9 Å². The van der Waals surface area contributed by atoms with Crippen LogP contribution in [0, 0.1) is 0 Å². The third kappa shape index (κ3) is 3.40.